The summed E-state index contributed by atoms with van der Waals surface area (Å²) in [5, 5.41) is 5.49. The zero-order chi connectivity index (χ0) is 23.1. The molecular formula is C24H22BrFN2O4. The van der Waals surface area contributed by atoms with Crippen LogP contribution in [0, 0.1) is 5.82 Å². The molecule has 3 aromatic carbocycles. The fourth-order valence-electron chi connectivity index (χ4n) is 2.94. The van der Waals surface area contributed by atoms with Crippen molar-refractivity contribution in [2.24, 2.45) is 0 Å². The van der Waals surface area contributed by atoms with Crippen molar-refractivity contribution < 1.29 is 23.5 Å². The minimum absolute atomic E-state index is 0.0967. The van der Waals surface area contributed by atoms with Crippen molar-refractivity contribution in [3.8, 4) is 11.5 Å². The second-order valence-electron chi connectivity index (χ2n) is 6.61. The Kier molecular flexibility index (Phi) is 7.83. The molecule has 2 N–H and O–H groups in total. The number of benzene rings is 3. The van der Waals surface area contributed by atoms with E-state index in [4.69, 9.17) is 9.47 Å². The average molecular weight is 501 g/mol. The fourth-order valence-corrected chi connectivity index (χ4v) is 3.20. The van der Waals surface area contributed by atoms with Gasteiger partial charge in [0.2, 0.25) is 0 Å². The highest BCUT2D eigenvalue weighted by Crippen LogP contribution is 2.37. The highest BCUT2D eigenvalue weighted by Gasteiger charge is 2.18. The lowest BCUT2D eigenvalue weighted by atomic mass is 10.1. The van der Waals surface area contributed by atoms with Gasteiger partial charge in [-0.05, 0) is 50.2 Å². The van der Waals surface area contributed by atoms with Crippen LogP contribution in [0.15, 0.2) is 65.1 Å². The van der Waals surface area contributed by atoms with Gasteiger partial charge in [-0.15, -0.1) is 0 Å². The van der Waals surface area contributed by atoms with E-state index in [9.17, 15) is 14.0 Å². The number of anilines is 2. The van der Waals surface area contributed by atoms with Gasteiger partial charge in [0, 0.05) is 22.2 Å². The lowest BCUT2D eigenvalue weighted by molar-refractivity contribution is 0.101. The highest BCUT2D eigenvalue weighted by atomic mass is 79.9. The Morgan fingerprint density at radius 1 is 0.844 bits per heavy atom. The summed E-state index contributed by atoms with van der Waals surface area (Å²) in [6.07, 6.45) is 0. The molecule has 0 spiro atoms. The van der Waals surface area contributed by atoms with E-state index >= 15 is 0 Å². The van der Waals surface area contributed by atoms with Crippen molar-refractivity contribution in [3.63, 3.8) is 0 Å². The summed E-state index contributed by atoms with van der Waals surface area (Å²) in [5.41, 5.74) is 1.04. The molecule has 166 valence electrons. The van der Waals surface area contributed by atoms with Crippen LogP contribution in [-0.4, -0.2) is 25.0 Å². The summed E-state index contributed by atoms with van der Waals surface area (Å²) in [4.78, 5) is 25.3. The zero-order valence-electron chi connectivity index (χ0n) is 17.6. The lowest BCUT2D eigenvalue weighted by Gasteiger charge is -2.18. The maximum absolute atomic E-state index is 14.0. The monoisotopic (exact) mass is 500 g/mol. The second kappa shape index (κ2) is 10.8. The first-order chi connectivity index (χ1) is 15.4. The quantitative estimate of drug-likeness (QED) is 0.404. The van der Waals surface area contributed by atoms with Crippen LogP contribution in [0.5, 0.6) is 11.5 Å². The molecule has 0 unspecified atom stereocenters. The standard InChI is InChI=1S/C24H22BrFN2O4/c1-3-31-21-14-20(28-24(30)17-7-5-6-8-18(17)26)22(32-4-2)13-19(21)27-23(29)15-9-11-16(25)12-10-15/h5-14H,3-4H2,1-2H3,(H,27,29)(H,28,30). The summed E-state index contributed by atoms with van der Waals surface area (Å²) < 4.78 is 26.2. The molecule has 0 saturated carbocycles. The highest BCUT2D eigenvalue weighted by molar-refractivity contribution is 9.10. The maximum Gasteiger partial charge on any atom is 0.258 e. The summed E-state index contributed by atoms with van der Waals surface area (Å²) in [6, 6.07) is 15.7. The van der Waals surface area contributed by atoms with E-state index in [1.807, 2.05) is 0 Å². The fraction of sp³-hybridized carbons (Fsp3) is 0.167. The molecule has 8 heteroatoms. The zero-order valence-corrected chi connectivity index (χ0v) is 19.2. The average Bonchev–Trinajstić information content (AvgIpc) is 2.77. The van der Waals surface area contributed by atoms with Crippen LogP contribution in [0.2, 0.25) is 0 Å². The molecule has 0 atom stereocenters. The van der Waals surface area contributed by atoms with E-state index in [0.717, 1.165) is 4.47 Å². The van der Waals surface area contributed by atoms with Crippen molar-refractivity contribution in [3.05, 3.63) is 82.1 Å². The van der Waals surface area contributed by atoms with Gasteiger partial charge in [-0.25, -0.2) is 4.39 Å². The van der Waals surface area contributed by atoms with Crippen LogP contribution in [0.25, 0.3) is 0 Å². The number of rotatable bonds is 8. The number of halogens is 2. The van der Waals surface area contributed by atoms with E-state index < -0.39 is 11.7 Å². The molecule has 0 radical (unpaired) electrons. The van der Waals surface area contributed by atoms with Gasteiger partial charge in [-0.1, -0.05) is 28.1 Å². The smallest absolute Gasteiger partial charge is 0.258 e. The molecule has 0 aliphatic heterocycles. The van der Waals surface area contributed by atoms with Crippen LogP contribution in [0.4, 0.5) is 15.8 Å². The molecule has 0 aliphatic rings. The van der Waals surface area contributed by atoms with E-state index in [-0.39, 0.29) is 11.5 Å². The first kappa shape index (κ1) is 23.3. The van der Waals surface area contributed by atoms with Gasteiger partial charge in [0.1, 0.15) is 17.3 Å². The Labute approximate surface area is 193 Å². The van der Waals surface area contributed by atoms with Crippen LogP contribution >= 0.6 is 15.9 Å². The molecule has 0 bridgehead atoms. The number of amides is 2. The van der Waals surface area contributed by atoms with Crippen molar-refractivity contribution in [2.45, 2.75) is 13.8 Å². The summed E-state index contributed by atoms with van der Waals surface area (Å²) in [6.45, 7) is 4.24. The Bertz CT molecular complexity index is 1120. The third-order valence-corrected chi connectivity index (χ3v) is 4.93. The molecule has 0 fully saturated rings. The van der Waals surface area contributed by atoms with Crippen molar-refractivity contribution in [1.82, 2.24) is 0 Å². The van der Waals surface area contributed by atoms with Crippen molar-refractivity contribution in [2.75, 3.05) is 23.8 Å². The number of carbonyl (C=O) groups excluding carboxylic acids is 2. The van der Waals surface area contributed by atoms with E-state index in [1.165, 1.54) is 18.2 Å². The Morgan fingerprint density at radius 3 is 1.91 bits per heavy atom. The minimum atomic E-state index is -0.633. The molecule has 0 aliphatic carbocycles. The van der Waals surface area contributed by atoms with Gasteiger partial charge in [0.15, 0.2) is 0 Å². The largest absolute Gasteiger partial charge is 0.492 e. The normalized spacial score (nSPS) is 10.4. The number of carbonyl (C=O) groups is 2. The van der Waals surface area contributed by atoms with E-state index in [1.54, 1.807) is 56.3 Å². The van der Waals surface area contributed by atoms with E-state index in [0.29, 0.717) is 41.7 Å². The van der Waals surface area contributed by atoms with E-state index in [2.05, 4.69) is 26.6 Å². The number of nitrogens with one attached hydrogen (secondary N) is 2. The Hall–Kier alpha value is -3.39. The maximum atomic E-state index is 14.0. The Morgan fingerprint density at radius 2 is 1.38 bits per heavy atom. The molecule has 0 heterocycles. The summed E-state index contributed by atoms with van der Waals surface area (Å²) >= 11 is 3.34. The second-order valence-corrected chi connectivity index (χ2v) is 7.52. The molecule has 6 nitrogen and oxygen atoms in total. The molecule has 2 amide bonds. The topological polar surface area (TPSA) is 76.7 Å². The molecule has 0 saturated heterocycles. The summed E-state index contributed by atoms with van der Waals surface area (Å²) in [5.74, 6) is -0.939. The van der Waals surface area contributed by atoms with Gasteiger partial charge >= 0.3 is 0 Å². The Balaban J connectivity index is 1.94. The number of hydrogen-bond donors (Lipinski definition) is 2. The van der Waals surface area contributed by atoms with Gasteiger partial charge in [0.05, 0.1) is 30.2 Å². The van der Waals surface area contributed by atoms with Gasteiger partial charge in [0.25, 0.3) is 11.8 Å². The minimum Gasteiger partial charge on any atom is -0.492 e. The van der Waals surface area contributed by atoms with Gasteiger partial charge in [-0.2, -0.15) is 0 Å². The lowest BCUT2D eigenvalue weighted by Crippen LogP contribution is -2.16. The first-order valence-corrected chi connectivity index (χ1v) is 10.8. The number of ether oxygens (including phenoxy) is 2. The molecule has 3 rings (SSSR count). The molecular weight excluding hydrogens is 479 g/mol. The van der Waals surface area contributed by atoms with Crippen LogP contribution in [0.1, 0.15) is 34.6 Å². The first-order valence-electron chi connectivity index (χ1n) is 9.99. The third kappa shape index (κ3) is 5.64. The van der Waals surface area contributed by atoms with Crippen molar-refractivity contribution in [1.29, 1.82) is 0 Å². The SMILES string of the molecule is CCOc1cc(NC(=O)c2ccccc2F)c(OCC)cc1NC(=O)c1ccc(Br)cc1. The molecule has 3 aromatic rings. The van der Waals surface area contributed by atoms with Gasteiger partial charge < -0.3 is 20.1 Å². The predicted molar refractivity (Wildman–Crippen MR) is 125 cm³/mol. The summed E-state index contributed by atoms with van der Waals surface area (Å²) in [7, 11) is 0. The number of hydrogen-bond acceptors (Lipinski definition) is 4. The van der Waals surface area contributed by atoms with Crippen LogP contribution < -0.4 is 20.1 Å². The van der Waals surface area contributed by atoms with Crippen LogP contribution in [-0.2, 0) is 0 Å². The van der Waals surface area contributed by atoms with Gasteiger partial charge in [-0.3, -0.25) is 9.59 Å². The van der Waals surface area contributed by atoms with Crippen LogP contribution in [0.3, 0.4) is 0 Å². The predicted octanol–water partition coefficient (Wildman–Crippen LogP) is 5.89. The molecule has 0 aromatic heterocycles. The molecule has 32 heavy (non-hydrogen) atoms. The third-order valence-electron chi connectivity index (χ3n) is 4.40. The van der Waals surface area contributed by atoms with Crippen molar-refractivity contribution >= 4 is 39.1 Å².